The fourth-order valence-electron chi connectivity index (χ4n) is 0.705. The smallest absolute Gasteiger partial charge is 0.450 e. The van der Waals surface area contributed by atoms with Crippen molar-refractivity contribution >= 4 is 6.16 Å². The Morgan fingerprint density at radius 1 is 1.36 bits per heavy atom. The Labute approximate surface area is 85.1 Å². The Hall–Kier alpha value is -1.51. The van der Waals surface area contributed by atoms with Crippen LogP contribution in [0.2, 0.25) is 0 Å². The van der Waals surface area contributed by atoms with Crippen molar-refractivity contribution in [3.8, 4) is 0 Å². The highest BCUT2D eigenvalue weighted by Crippen LogP contribution is 2.02. The number of hydrogen-bond acceptors (Lipinski definition) is 1. The zero-order valence-electron chi connectivity index (χ0n) is 8.73. The molecule has 0 atom stereocenters. The molecule has 0 spiro atoms. The maximum Gasteiger partial charge on any atom is 0.503 e. The first-order chi connectivity index (χ1) is 6.58. The Kier molecular flexibility index (Phi) is 12.3. The third-order valence-corrected chi connectivity index (χ3v) is 1.39. The van der Waals surface area contributed by atoms with Crippen molar-refractivity contribution in [3.05, 3.63) is 36.5 Å². The van der Waals surface area contributed by atoms with Crippen molar-refractivity contribution in [2.24, 2.45) is 0 Å². The Bertz CT molecular complexity index is 211. The molecule has 0 amide bonds. The van der Waals surface area contributed by atoms with Gasteiger partial charge in [0.25, 0.3) is 0 Å². The molecule has 14 heavy (non-hydrogen) atoms. The van der Waals surface area contributed by atoms with Crippen LogP contribution in [0.5, 0.6) is 0 Å². The van der Waals surface area contributed by atoms with Gasteiger partial charge in [0.2, 0.25) is 0 Å². The third-order valence-electron chi connectivity index (χ3n) is 1.39. The summed E-state index contributed by atoms with van der Waals surface area (Å²) in [5.41, 5.74) is 1.30. The van der Waals surface area contributed by atoms with E-state index in [1.165, 1.54) is 5.57 Å². The predicted octanol–water partition coefficient (Wildman–Crippen LogP) is 3.70. The highest BCUT2D eigenvalue weighted by atomic mass is 16.6. The normalized spacial score (nSPS) is 10.6. The summed E-state index contributed by atoms with van der Waals surface area (Å²) in [6, 6.07) is 0. The summed E-state index contributed by atoms with van der Waals surface area (Å²) in [6.07, 6.45) is 8.65. The molecule has 0 heterocycles. The maximum atomic E-state index is 8.56. The monoisotopic (exact) mass is 198 g/mol. The van der Waals surface area contributed by atoms with Crippen LogP contribution in [0.1, 0.15) is 26.7 Å². The molecule has 0 unspecified atom stereocenters. The molecule has 80 valence electrons. The van der Waals surface area contributed by atoms with Crippen LogP contribution < -0.4 is 0 Å². The molecule has 0 bridgehead atoms. The van der Waals surface area contributed by atoms with Crippen molar-refractivity contribution in [1.82, 2.24) is 0 Å². The van der Waals surface area contributed by atoms with Gasteiger partial charge in [-0.1, -0.05) is 37.8 Å². The molecule has 0 aromatic carbocycles. The molecule has 3 heteroatoms. The second-order valence-corrected chi connectivity index (χ2v) is 2.43. The summed E-state index contributed by atoms with van der Waals surface area (Å²) in [5.74, 6) is 0. The first kappa shape index (κ1) is 15.0. The van der Waals surface area contributed by atoms with Gasteiger partial charge in [0, 0.05) is 0 Å². The number of carbonyl (C=O) groups is 1. The van der Waals surface area contributed by atoms with E-state index in [2.05, 4.69) is 31.7 Å². The molecule has 0 rings (SSSR count). The first-order valence-corrected chi connectivity index (χ1v) is 4.42. The highest BCUT2D eigenvalue weighted by molar-refractivity contribution is 5.53. The van der Waals surface area contributed by atoms with Gasteiger partial charge in [-0.05, 0) is 25.3 Å². The quantitative estimate of drug-likeness (QED) is 0.535. The molecule has 0 radical (unpaired) electrons. The van der Waals surface area contributed by atoms with Gasteiger partial charge in [0.1, 0.15) is 0 Å². The van der Waals surface area contributed by atoms with E-state index in [-0.39, 0.29) is 0 Å². The third kappa shape index (κ3) is 16.8. The van der Waals surface area contributed by atoms with Crippen LogP contribution in [0.15, 0.2) is 36.5 Å². The average molecular weight is 198 g/mol. The SMILES string of the molecule is C=CC(=CC)CC=CCC.O=C(O)O. The van der Waals surface area contributed by atoms with Gasteiger partial charge in [-0.15, -0.1) is 0 Å². The predicted molar refractivity (Wildman–Crippen MR) is 58.7 cm³/mol. The molecule has 0 saturated heterocycles. The van der Waals surface area contributed by atoms with E-state index in [4.69, 9.17) is 15.0 Å². The number of carboxylic acid groups (broad SMARTS) is 2. The zero-order chi connectivity index (χ0) is 11.4. The topological polar surface area (TPSA) is 57.5 Å². The van der Waals surface area contributed by atoms with Crippen molar-refractivity contribution in [1.29, 1.82) is 0 Å². The van der Waals surface area contributed by atoms with Gasteiger partial charge in [0.05, 0.1) is 0 Å². The molecule has 0 aromatic heterocycles. The molecule has 0 aromatic rings. The van der Waals surface area contributed by atoms with Gasteiger partial charge in [-0.25, -0.2) is 4.79 Å². The average Bonchev–Trinajstić information content (AvgIpc) is 2.12. The van der Waals surface area contributed by atoms with E-state index < -0.39 is 6.16 Å². The number of rotatable bonds is 4. The summed E-state index contributed by atoms with van der Waals surface area (Å²) in [6.45, 7) is 7.89. The minimum atomic E-state index is -1.83. The van der Waals surface area contributed by atoms with Gasteiger partial charge in [-0.3, -0.25) is 0 Å². The van der Waals surface area contributed by atoms with Gasteiger partial charge >= 0.3 is 6.16 Å². The van der Waals surface area contributed by atoms with E-state index in [1.807, 2.05) is 13.0 Å². The van der Waals surface area contributed by atoms with E-state index in [0.29, 0.717) is 0 Å². The summed E-state index contributed by atoms with van der Waals surface area (Å²) < 4.78 is 0. The van der Waals surface area contributed by atoms with Gasteiger partial charge in [0.15, 0.2) is 0 Å². The van der Waals surface area contributed by atoms with Crippen molar-refractivity contribution in [3.63, 3.8) is 0 Å². The van der Waals surface area contributed by atoms with Crippen molar-refractivity contribution in [2.75, 3.05) is 0 Å². The van der Waals surface area contributed by atoms with E-state index in [1.54, 1.807) is 0 Å². The molecule has 2 N–H and O–H groups in total. The largest absolute Gasteiger partial charge is 0.503 e. The minimum absolute atomic E-state index is 1.02. The Balaban J connectivity index is 0. The van der Waals surface area contributed by atoms with Crippen molar-refractivity contribution < 1.29 is 15.0 Å². The van der Waals surface area contributed by atoms with Crippen LogP contribution in [-0.2, 0) is 0 Å². The second-order valence-electron chi connectivity index (χ2n) is 2.43. The van der Waals surface area contributed by atoms with Crippen LogP contribution in [0.3, 0.4) is 0 Å². The fourth-order valence-corrected chi connectivity index (χ4v) is 0.705. The highest BCUT2D eigenvalue weighted by Gasteiger charge is 1.82. The molecule has 0 aliphatic carbocycles. The lowest BCUT2D eigenvalue weighted by atomic mass is 10.1. The van der Waals surface area contributed by atoms with Gasteiger partial charge in [-0.2, -0.15) is 0 Å². The van der Waals surface area contributed by atoms with Crippen molar-refractivity contribution in [2.45, 2.75) is 26.7 Å². The fraction of sp³-hybridized carbons (Fsp3) is 0.364. The number of allylic oxidation sites excluding steroid dienone is 5. The molecular formula is C11H18O3. The summed E-state index contributed by atoms with van der Waals surface area (Å²) in [7, 11) is 0. The lowest BCUT2D eigenvalue weighted by Crippen LogP contribution is -1.81. The molecule has 0 saturated carbocycles. The second kappa shape index (κ2) is 11.5. The van der Waals surface area contributed by atoms with Gasteiger partial charge < -0.3 is 10.2 Å². The lowest BCUT2D eigenvalue weighted by Gasteiger charge is -1.92. The Morgan fingerprint density at radius 3 is 2.14 bits per heavy atom. The van der Waals surface area contributed by atoms with Crippen LogP contribution in [0, 0.1) is 0 Å². The summed E-state index contributed by atoms with van der Waals surface area (Å²) in [5, 5.41) is 13.9. The zero-order valence-corrected chi connectivity index (χ0v) is 8.73. The number of hydrogen-bond donors (Lipinski definition) is 2. The van der Waals surface area contributed by atoms with E-state index >= 15 is 0 Å². The molecule has 3 nitrogen and oxygen atoms in total. The summed E-state index contributed by atoms with van der Waals surface area (Å²) >= 11 is 0. The minimum Gasteiger partial charge on any atom is -0.450 e. The molecule has 0 aliphatic rings. The van der Waals surface area contributed by atoms with E-state index in [9.17, 15) is 0 Å². The summed E-state index contributed by atoms with van der Waals surface area (Å²) in [4.78, 5) is 8.56. The molecular weight excluding hydrogens is 180 g/mol. The molecule has 0 fully saturated rings. The standard InChI is InChI=1S/C10H16.CH2O3/c1-4-7-8-9-10(5-2)6-3;2-1(3)4/h5-8H,2,4,9H2,1,3H3;(H2,2,3,4). The maximum absolute atomic E-state index is 8.56. The van der Waals surface area contributed by atoms with E-state index in [0.717, 1.165) is 12.8 Å². The van der Waals surface area contributed by atoms with Crippen LogP contribution in [0.25, 0.3) is 0 Å². The van der Waals surface area contributed by atoms with Crippen LogP contribution in [0.4, 0.5) is 4.79 Å². The van der Waals surface area contributed by atoms with Crippen LogP contribution >= 0.6 is 0 Å². The first-order valence-electron chi connectivity index (χ1n) is 4.42. The Morgan fingerprint density at radius 2 is 1.86 bits per heavy atom. The lowest BCUT2D eigenvalue weighted by molar-refractivity contribution is 0.137. The molecule has 0 aliphatic heterocycles. The van der Waals surface area contributed by atoms with Crippen LogP contribution in [-0.4, -0.2) is 16.4 Å².